The van der Waals surface area contributed by atoms with Gasteiger partial charge in [-0.15, -0.1) is 0 Å². The Morgan fingerprint density at radius 3 is 2.37 bits per heavy atom. The van der Waals surface area contributed by atoms with Crippen molar-refractivity contribution in [3.8, 4) is 17.2 Å². The van der Waals surface area contributed by atoms with Crippen molar-refractivity contribution in [2.45, 2.75) is 13.3 Å². The lowest BCUT2D eigenvalue weighted by Gasteiger charge is -2.13. The summed E-state index contributed by atoms with van der Waals surface area (Å²) in [4.78, 5) is 6.22. The van der Waals surface area contributed by atoms with E-state index >= 15 is 0 Å². The van der Waals surface area contributed by atoms with Crippen molar-refractivity contribution >= 4 is 5.82 Å². The van der Waals surface area contributed by atoms with Gasteiger partial charge in [-0.05, 0) is 23.6 Å². The lowest BCUT2D eigenvalue weighted by atomic mass is 10.0. The summed E-state index contributed by atoms with van der Waals surface area (Å²) in [6.45, 7) is 2.14. The SMILES string of the molecule is CCc1ccc(-c2cnc(N(C)C)c(C#N)c2)cc1. The van der Waals surface area contributed by atoms with Gasteiger partial charge in [0.2, 0.25) is 0 Å². The van der Waals surface area contributed by atoms with Crippen LogP contribution < -0.4 is 4.90 Å². The van der Waals surface area contributed by atoms with Gasteiger partial charge in [0.1, 0.15) is 11.9 Å². The van der Waals surface area contributed by atoms with Crippen LogP contribution in [0, 0.1) is 11.3 Å². The largest absolute Gasteiger partial charge is 0.362 e. The minimum absolute atomic E-state index is 0.599. The summed E-state index contributed by atoms with van der Waals surface area (Å²) in [7, 11) is 3.78. The van der Waals surface area contributed by atoms with Crippen molar-refractivity contribution in [3.05, 3.63) is 47.7 Å². The molecule has 0 aliphatic rings. The molecule has 3 nitrogen and oxygen atoms in total. The first-order valence-corrected chi connectivity index (χ1v) is 6.32. The van der Waals surface area contributed by atoms with Crippen LogP contribution in [-0.2, 0) is 6.42 Å². The molecule has 1 aromatic heterocycles. The number of anilines is 1. The Kier molecular flexibility index (Phi) is 3.82. The van der Waals surface area contributed by atoms with E-state index in [1.54, 1.807) is 0 Å². The van der Waals surface area contributed by atoms with Crippen molar-refractivity contribution in [2.75, 3.05) is 19.0 Å². The van der Waals surface area contributed by atoms with Crippen LogP contribution in [0.25, 0.3) is 11.1 Å². The Hall–Kier alpha value is -2.34. The number of aromatic nitrogens is 1. The van der Waals surface area contributed by atoms with E-state index in [9.17, 15) is 5.26 Å². The number of aryl methyl sites for hydroxylation is 1. The second kappa shape index (κ2) is 5.53. The highest BCUT2D eigenvalue weighted by molar-refractivity contribution is 5.68. The minimum Gasteiger partial charge on any atom is -0.362 e. The van der Waals surface area contributed by atoms with E-state index in [4.69, 9.17) is 0 Å². The number of hydrogen-bond donors (Lipinski definition) is 0. The van der Waals surface area contributed by atoms with E-state index in [-0.39, 0.29) is 0 Å². The van der Waals surface area contributed by atoms with Crippen LogP contribution in [0.5, 0.6) is 0 Å². The first-order valence-electron chi connectivity index (χ1n) is 6.32. The number of hydrogen-bond acceptors (Lipinski definition) is 3. The fraction of sp³-hybridized carbons (Fsp3) is 0.250. The van der Waals surface area contributed by atoms with Gasteiger partial charge in [0.25, 0.3) is 0 Å². The maximum Gasteiger partial charge on any atom is 0.146 e. The second-order valence-corrected chi connectivity index (χ2v) is 4.65. The zero-order valence-corrected chi connectivity index (χ0v) is 11.5. The topological polar surface area (TPSA) is 39.9 Å². The third kappa shape index (κ3) is 2.74. The van der Waals surface area contributed by atoms with Crippen LogP contribution in [0.15, 0.2) is 36.5 Å². The average molecular weight is 251 g/mol. The monoisotopic (exact) mass is 251 g/mol. The zero-order chi connectivity index (χ0) is 13.8. The van der Waals surface area contributed by atoms with E-state index in [1.165, 1.54) is 5.56 Å². The number of benzene rings is 1. The molecule has 0 N–H and O–H groups in total. The molecule has 0 aliphatic carbocycles. The third-order valence-corrected chi connectivity index (χ3v) is 3.11. The molecule has 1 aromatic carbocycles. The lowest BCUT2D eigenvalue weighted by Crippen LogP contribution is -2.12. The molecular weight excluding hydrogens is 234 g/mol. The summed E-state index contributed by atoms with van der Waals surface area (Å²) in [6.07, 6.45) is 2.85. The van der Waals surface area contributed by atoms with Gasteiger partial charge >= 0.3 is 0 Å². The molecule has 0 spiro atoms. The van der Waals surface area contributed by atoms with Gasteiger partial charge in [0.15, 0.2) is 0 Å². The smallest absolute Gasteiger partial charge is 0.146 e. The zero-order valence-electron chi connectivity index (χ0n) is 11.5. The molecule has 2 aromatic rings. The molecule has 1 heterocycles. The second-order valence-electron chi connectivity index (χ2n) is 4.65. The lowest BCUT2D eigenvalue weighted by molar-refractivity contribution is 1.06. The van der Waals surface area contributed by atoms with Crippen LogP contribution in [0.2, 0.25) is 0 Å². The van der Waals surface area contributed by atoms with Crippen LogP contribution in [0.3, 0.4) is 0 Å². The molecule has 0 saturated heterocycles. The third-order valence-electron chi connectivity index (χ3n) is 3.11. The van der Waals surface area contributed by atoms with Crippen molar-refractivity contribution < 1.29 is 0 Å². The molecule has 19 heavy (non-hydrogen) atoms. The molecule has 0 unspecified atom stereocenters. The van der Waals surface area contributed by atoms with Crippen LogP contribution >= 0.6 is 0 Å². The summed E-state index contributed by atoms with van der Waals surface area (Å²) in [5, 5.41) is 9.20. The average Bonchev–Trinajstić information content (AvgIpc) is 2.46. The minimum atomic E-state index is 0.599. The Morgan fingerprint density at radius 1 is 1.16 bits per heavy atom. The van der Waals surface area contributed by atoms with Crippen molar-refractivity contribution in [1.29, 1.82) is 5.26 Å². The van der Waals surface area contributed by atoms with Gasteiger partial charge in [-0.1, -0.05) is 31.2 Å². The fourth-order valence-electron chi connectivity index (χ4n) is 1.99. The Bertz CT molecular complexity index is 607. The molecule has 0 bridgehead atoms. The van der Waals surface area contributed by atoms with Crippen LogP contribution in [-0.4, -0.2) is 19.1 Å². The first-order chi connectivity index (χ1) is 9.15. The molecule has 0 fully saturated rings. The molecule has 2 rings (SSSR count). The van der Waals surface area contributed by atoms with Crippen LogP contribution in [0.1, 0.15) is 18.1 Å². The van der Waals surface area contributed by atoms with Crippen molar-refractivity contribution in [1.82, 2.24) is 4.98 Å². The maximum absolute atomic E-state index is 9.20. The molecule has 96 valence electrons. The van der Waals surface area contributed by atoms with Gasteiger partial charge in [0, 0.05) is 25.9 Å². The summed E-state index contributed by atoms with van der Waals surface area (Å²) < 4.78 is 0. The molecule has 0 amide bonds. The Morgan fingerprint density at radius 2 is 1.84 bits per heavy atom. The molecule has 0 atom stereocenters. The number of rotatable bonds is 3. The predicted octanol–water partition coefficient (Wildman–Crippen LogP) is 3.25. The predicted molar refractivity (Wildman–Crippen MR) is 78.1 cm³/mol. The highest BCUT2D eigenvalue weighted by atomic mass is 15.1. The van der Waals surface area contributed by atoms with E-state index in [0.29, 0.717) is 11.4 Å². The summed E-state index contributed by atoms with van der Waals surface area (Å²) in [6, 6.07) is 12.5. The highest BCUT2D eigenvalue weighted by Crippen LogP contribution is 2.24. The normalized spacial score (nSPS) is 10.0. The quantitative estimate of drug-likeness (QED) is 0.840. The van der Waals surface area contributed by atoms with Crippen molar-refractivity contribution in [2.24, 2.45) is 0 Å². The van der Waals surface area contributed by atoms with Gasteiger partial charge in [-0.3, -0.25) is 0 Å². The molecule has 0 saturated carbocycles. The standard InChI is InChI=1S/C16H17N3/c1-4-12-5-7-13(8-6-12)15-9-14(10-17)16(18-11-15)19(2)3/h5-9,11H,4H2,1-3H3. The van der Waals surface area contributed by atoms with Crippen molar-refractivity contribution in [3.63, 3.8) is 0 Å². The Labute approximate surface area is 114 Å². The van der Waals surface area contributed by atoms with E-state index in [1.807, 2.05) is 31.3 Å². The number of nitriles is 1. The number of nitrogens with zero attached hydrogens (tertiary/aromatic N) is 3. The van der Waals surface area contributed by atoms with E-state index < -0.39 is 0 Å². The molecular formula is C16H17N3. The van der Waals surface area contributed by atoms with Gasteiger partial charge in [-0.25, -0.2) is 4.98 Å². The summed E-state index contributed by atoms with van der Waals surface area (Å²) in [5.74, 6) is 0.705. The van der Waals surface area contributed by atoms with Crippen LogP contribution in [0.4, 0.5) is 5.82 Å². The van der Waals surface area contributed by atoms with Gasteiger partial charge < -0.3 is 4.90 Å². The van der Waals surface area contributed by atoms with Gasteiger partial charge in [0.05, 0.1) is 5.56 Å². The van der Waals surface area contributed by atoms with Gasteiger partial charge in [-0.2, -0.15) is 5.26 Å². The van der Waals surface area contributed by atoms with E-state index in [0.717, 1.165) is 17.5 Å². The molecule has 3 heteroatoms. The van der Waals surface area contributed by atoms with E-state index in [2.05, 4.69) is 42.2 Å². The summed E-state index contributed by atoms with van der Waals surface area (Å²) >= 11 is 0. The maximum atomic E-state index is 9.20. The highest BCUT2D eigenvalue weighted by Gasteiger charge is 2.08. The number of pyridine rings is 1. The fourth-order valence-corrected chi connectivity index (χ4v) is 1.99. The molecule has 0 radical (unpaired) electrons. The summed E-state index contributed by atoms with van der Waals surface area (Å²) in [5.41, 5.74) is 3.97. The molecule has 0 aliphatic heterocycles. The Balaban J connectivity index is 2.43. The first kappa shape index (κ1) is 13.1.